The van der Waals surface area contributed by atoms with Crippen LogP contribution in [0.25, 0.3) is 0 Å². The monoisotopic (exact) mass is 1720 g/mol. The molecule has 0 bridgehead atoms. The molecule has 0 fully saturated rings. The molecule has 8 aliphatic rings. The maximum Gasteiger partial charge on any atom is 0.178 e. The Morgan fingerprint density at radius 2 is 0.943 bits per heavy atom. The molecule has 0 aromatic heterocycles. The SMILES string of the molecule is CC1CC(=O)c2cc(Cl)ccc2S1.CC1CC(=O)c2ccccc2S1.CC1Sc2ccccc2C(=O)C1Br.CN(C)c1ccc2c(c1)SCCC2=O.Cc1ccc2c(c1)C(=O)C(Br)CS2.Cc1ccc2c(c1)C(=O)CC(C)(C)S2.O=C1CCSc2cc(CO)ccc21.O=C1CCSc2cc(CS)ccc21. The number of benzene rings is 8. The lowest BCUT2D eigenvalue weighted by Gasteiger charge is -2.29. The zero-order chi connectivity index (χ0) is 75.8. The van der Waals surface area contributed by atoms with Crippen LogP contribution in [0, 0.1) is 13.8 Å². The fourth-order valence-corrected chi connectivity index (χ4v) is 22.1. The highest BCUT2D eigenvalue weighted by atomic mass is 79.9. The van der Waals surface area contributed by atoms with E-state index in [0.29, 0.717) is 59.3 Å². The quantitative estimate of drug-likeness (QED) is 0.127. The van der Waals surface area contributed by atoms with Crippen molar-refractivity contribution in [2.75, 3.05) is 42.0 Å². The van der Waals surface area contributed by atoms with Crippen molar-refractivity contribution in [1.82, 2.24) is 0 Å². The van der Waals surface area contributed by atoms with Gasteiger partial charge in [0.2, 0.25) is 0 Å². The number of alkyl halides is 2. The maximum atomic E-state index is 11.8. The molecule has 22 heteroatoms. The fraction of sp³-hybridized carbons (Fsp3) is 0.325. The molecule has 0 saturated carbocycles. The number of aliphatic hydroxyl groups excluding tert-OH is 1. The number of ketones is 8. The first kappa shape index (κ1) is 84.3. The minimum atomic E-state index is -0.0348. The molecule has 0 radical (unpaired) electrons. The summed E-state index contributed by atoms with van der Waals surface area (Å²) in [4.78, 5) is 104. The number of carbonyl (C=O) groups excluding carboxylic acids is 8. The molecule has 1 N–H and O–H groups in total. The van der Waals surface area contributed by atoms with Gasteiger partial charge < -0.3 is 10.0 Å². The van der Waals surface area contributed by atoms with Gasteiger partial charge in [0.25, 0.3) is 0 Å². The summed E-state index contributed by atoms with van der Waals surface area (Å²) in [5.41, 5.74) is 12.5. The molecule has 8 heterocycles. The lowest BCUT2D eigenvalue weighted by Crippen LogP contribution is -2.28. The molecule has 550 valence electrons. The first-order valence-electron chi connectivity index (χ1n) is 34.3. The van der Waals surface area contributed by atoms with Crippen LogP contribution in [0.4, 0.5) is 5.69 Å². The van der Waals surface area contributed by atoms with E-state index in [-0.39, 0.29) is 67.3 Å². The minimum Gasteiger partial charge on any atom is -0.392 e. The molecule has 105 heavy (non-hydrogen) atoms. The molecular formula is C83H84Br2ClNO9S9. The molecule has 8 aliphatic heterocycles. The van der Waals surface area contributed by atoms with Crippen molar-refractivity contribution in [2.45, 2.75) is 169 Å². The van der Waals surface area contributed by atoms with Crippen molar-refractivity contribution < 1.29 is 43.5 Å². The van der Waals surface area contributed by atoms with Gasteiger partial charge in [-0.3, -0.25) is 38.4 Å². The van der Waals surface area contributed by atoms with E-state index < -0.39 is 0 Å². The lowest BCUT2D eigenvalue weighted by molar-refractivity contribution is 0.0960. The van der Waals surface area contributed by atoms with Gasteiger partial charge in [-0.25, -0.2) is 0 Å². The fourth-order valence-electron chi connectivity index (χ4n) is 11.7. The van der Waals surface area contributed by atoms with Crippen molar-refractivity contribution in [3.63, 3.8) is 0 Å². The molecule has 8 aromatic rings. The van der Waals surface area contributed by atoms with Gasteiger partial charge in [-0.05, 0) is 136 Å². The number of anilines is 1. The lowest BCUT2D eigenvalue weighted by atomic mass is 9.98. The highest BCUT2D eigenvalue weighted by molar-refractivity contribution is 9.10. The number of aliphatic hydroxyl groups is 1. The Kier molecular flexibility index (Phi) is 31.9. The van der Waals surface area contributed by atoms with Gasteiger partial charge in [-0.1, -0.05) is 136 Å². The Balaban J connectivity index is 0.000000139. The molecule has 0 saturated heterocycles. The van der Waals surface area contributed by atoms with Crippen molar-refractivity contribution in [1.29, 1.82) is 0 Å². The number of thioether (sulfide) groups is 8. The van der Waals surface area contributed by atoms with Gasteiger partial charge in [-0.2, -0.15) is 12.6 Å². The van der Waals surface area contributed by atoms with Crippen LogP contribution in [0.1, 0.15) is 178 Å². The Hall–Kier alpha value is -4.72. The van der Waals surface area contributed by atoms with E-state index in [2.05, 4.69) is 108 Å². The van der Waals surface area contributed by atoms with Crippen LogP contribution in [0.5, 0.6) is 0 Å². The molecule has 0 aliphatic carbocycles. The number of fused-ring (bicyclic) bond motifs is 8. The Morgan fingerprint density at radius 3 is 1.51 bits per heavy atom. The molecule has 5 atom stereocenters. The summed E-state index contributed by atoms with van der Waals surface area (Å²) in [5, 5.41) is 10.7. The number of hydrogen-bond donors (Lipinski definition) is 2. The second-order valence-corrected chi connectivity index (χ2v) is 40.0. The highest BCUT2D eigenvalue weighted by Crippen LogP contribution is 2.44. The van der Waals surface area contributed by atoms with Gasteiger partial charge in [-0.15, -0.1) is 94.1 Å². The summed E-state index contributed by atoms with van der Waals surface area (Å²) >= 11 is 30.9. The van der Waals surface area contributed by atoms with Crippen LogP contribution in [0.2, 0.25) is 5.02 Å². The molecule has 8 aromatic carbocycles. The molecule has 16 rings (SSSR count). The van der Waals surface area contributed by atoms with Gasteiger partial charge in [0.05, 0.1) is 16.3 Å². The summed E-state index contributed by atoms with van der Waals surface area (Å²) in [6, 6.07) is 50.9. The molecule has 0 amide bonds. The van der Waals surface area contributed by atoms with E-state index in [1.165, 1.54) is 5.56 Å². The van der Waals surface area contributed by atoms with Crippen LogP contribution in [-0.2, 0) is 12.4 Å². The second kappa shape index (κ2) is 39.8. The van der Waals surface area contributed by atoms with E-state index in [0.717, 1.165) is 135 Å². The standard InChI is InChI=1S/C12H14OS.C11H13NOS.2C10H9BrOS.C10H9ClOS.C10H10O2S.C10H10OS2.C10H10OS/c1-8-4-5-11-9(6-8)10(13)7-12(2,3)14-11;1-12(2)8-3-4-9-10(13)5-6-14-11(9)7-8;1-6-2-3-9-7(4-6)10(12)8(11)5-13-9;1-6-9(11)10(12)7-4-2-3-5-8(7)13-6;1-6-4-9(12)8-5-7(11)2-3-10(8)13-6;11-6-7-1-2-8-9(12)3-4-13-10(8)5-7;11-9-3-4-13-10-5-7(6-12)1-2-8(9)10;1-7-6-9(11)8-4-2-3-5-10(8)12-7/h4-6H,7H2,1-3H3;3-4,7H,5-6H2,1-2H3;2-4,8H,5H2,1H3;2-6,9H,1H3;2-3,5-6H,4H2,1H3;1-2,5,11H,3-4,6H2;1-2,5,12H,3-4,6H2;2-5,7H,6H2,1H3. The van der Waals surface area contributed by atoms with Crippen molar-refractivity contribution in [2.24, 2.45) is 0 Å². The van der Waals surface area contributed by atoms with Gasteiger partial charge in [0, 0.05) is 196 Å². The Morgan fingerprint density at radius 1 is 0.476 bits per heavy atom. The molecule has 10 nitrogen and oxygen atoms in total. The van der Waals surface area contributed by atoms with Gasteiger partial charge in [0.15, 0.2) is 46.3 Å². The van der Waals surface area contributed by atoms with Gasteiger partial charge >= 0.3 is 0 Å². The predicted molar refractivity (Wildman–Crippen MR) is 456 cm³/mol. The third kappa shape index (κ3) is 23.4. The number of halogens is 3. The zero-order valence-electron chi connectivity index (χ0n) is 59.9. The summed E-state index contributed by atoms with van der Waals surface area (Å²) in [6.45, 7) is 14.6. The van der Waals surface area contributed by atoms with Crippen LogP contribution in [0.3, 0.4) is 0 Å². The number of rotatable bonds is 3. The Labute approximate surface area is 679 Å². The molecular weight excluding hydrogens is 1640 g/mol. The highest BCUT2D eigenvalue weighted by Gasteiger charge is 2.33. The number of hydrogen-bond acceptors (Lipinski definition) is 19. The van der Waals surface area contributed by atoms with Crippen LogP contribution < -0.4 is 4.90 Å². The van der Waals surface area contributed by atoms with Gasteiger partial charge in [0.1, 0.15) is 0 Å². The average Bonchev–Trinajstić information content (AvgIpc) is 0.761. The van der Waals surface area contributed by atoms with Crippen molar-refractivity contribution >= 4 is 202 Å². The third-order valence-electron chi connectivity index (χ3n) is 17.2. The van der Waals surface area contributed by atoms with Crippen molar-refractivity contribution in [3.8, 4) is 0 Å². The first-order valence-corrected chi connectivity index (χ1v) is 44.6. The second-order valence-electron chi connectivity index (χ2n) is 26.6. The summed E-state index contributed by atoms with van der Waals surface area (Å²) in [6.07, 6.45) is 3.95. The smallest absolute Gasteiger partial charge is 0.178 e. The third-order valence-corrected chi connectivity index (χ3v) is 29.8. The summed E-state index contributed by atoms with van der Waals surface area (Å²) in [7, 11) is 4.02. The van der Waals surface area contributed by atoms with E-state index >= 15 is 0 Å². The molecule has 0 spiro atoms. The minimum absolute atomic E-state index is 0.00759. The zero-order valence-corrected chi connectivity index (χ0v) is 71.2. The molecule has 5 unspecified atom stereocenters. The predicted octanol–water partition coefficient (Wildman–Crippen LogP) is 22.9. The number of aryl methyl sites for hydroxylation is 2. The number of nitrogens with zero attached hydrogens (tertiary/aromatic N) is 1. The number of thiol groups is 1. The summed E-state index contributed by atoms with van der Waals surface area (Å²) < 4.78 is 0.0549. The van der Waals surface area contributed by atoms with E-state index in [1.54, 1.807) is 100 Å². The Bertz CT molecular complexity index is 4500. The number of Topliss-reactive ketones (excluding diaryl/α,β-unsaturated/α-hetero) is 8. The van der Waals surface area contributed by atoms with Crippen LogP contribution in [-0.4, -0.2) is 119 Å². The van der Waals surface area contributed by atoms with E-state index in [9.17, 15) is 38.4 Å². The van der Waals surface area contributed by atoms with E-state index in [1.807, 2.05) is 155 Å². The normalized spacial score (nSPS) is 19.6. The largest absolute Gasteiger partial charge is 0.392 e. The van der Waals surface area contributed by atoms with Crippen molar-refractivity contribution in [3.05, 3.63) is 230 Å². The van der Waals surface area contributed by atoms with Crippen LogP contribution in [0.15, 0.2) is 197 Å². The maximum absolute atomic E-state index is 11.8. The van der Waals surface area contributed by atoms with E-state index in [4.69, 9.17) is 16.7 Å². The summed E-state index contributed by atoms with van der Waals surface area (Å²) in [5.74, 6) is 6.27. The van der Waals surface area contributed by atoms with Crippen LogP contribution >= 0.6 is 150 Å². The first-order chi connectivity index (χ1) is 50.1. The topological polar surface area (TPSA) is 160 Å². The number of carbonyl (C=O) groups is 8. The average molecular weight is 1720 g/mol.